The minimum Gasteiger partial charge on any atom is -0.465 e. The van der Waals surface area contributed by atoms with E-state index in [9.17, 15) is 18.3 Å². The maximum Gasteiger partial charge on any atom is 0.407 e. The molecule has 11 nitrogen and oxygen atoms in total. The van der Waals surface area contributed by atoms with Crippen LogP contribution in [0.5, 0.6) is 11.6 Å². The Kier molecular flexibility index (Phi) is 8.64. The Morgan fingerprint density at radius 1 is 1.14 bits per heavy atom. The summed E-state index contributed by atoms with van der Waals surface area (Å²) in [6.07, 6.45) is 4.32. The molecule has 2 aromatic carbocycles. The third-order valence-electron chi connectivity index (χ3n) is 6.95. The molecule has 220 valence electrons. The zero-order valence-electron chi connectivity index (χ0n) is 23.2. The van der Waals surface area contributed by atoms with E-state index >= 15 is 0 Å². The van der Waals surface area contributed by atoms with Gasteiger partial charge in [0.1, 0.15) is 5.75 Å². The summed E-state index contributed by atoms with van der Waals surface area (Å²) in [5.41, 5.74) is 2.29. The van der Waals surface area contributed by atoms with Crippen LogP contribution < -0.4 is 14.8 Å². The lowest BCUT2D eigenvalue weighted by Gasteiger charge is -2.31. The van der Waals surface area contributed by atoms with Crippen molar-refractivity contribution >= 4 is 50.1 Å². The van der Waals surface area contributed by atoms with Crippen LogP contribution in [0, 0.1) is 6.92 Å². The number of hydrogen-bond acceptors (Lipinski definition) is 8. The summed E-state index contributed by atoms with van der Waals surface area (Å²) < 4.78 is 34.2. The number of anilines is 2. The molecule has 3 heterocycles. The van der Waals surface area contributed by atoms with Crippen molar-refractivity contribution in [1.82, 2.24) is 19.9 Å². The zero-order chi connectivity index (χ0) is 29.9. The van der Waals surface area contributed by atoms with Crippen molar-refractivity contribution in [2.45, 2.75) is 39.2 Å². The molecule has 1 atom stereocenters. The molecule has 4 aromatic rings. The molecule has 0 aliphatic carbocycles. The summed E-state index contributed by atoms with van der Waals surface area (Å²) in [6, 6.07) is 12.3. The molecule has 13 heteroatoms. The molecular formula is C29H31ClN6O5S. The van der Waals surface area contributed by atoms with Gasteiger partial charge in [0.05, 0.1) is 27.7 Å². The molecule has 1 amide bonds. The van der Waals surface area contributed by atoms with E-state index < -0.39 is 16.1 Å². The normalized spacial score (nSPS) is 15.4. The van der Waals surface area contributed by atoms with Gasteiger partial charge in [-0.2, -0.15) is 0 Å². The summed E-state index contributed by atoms with van der Waals surface area (Å²) >= 11 is 6.44. The Labute approximate surface area is 249 Å². The van der Waals surface area contributed by atoms with E-state index in [0.29, 0.717) is 64.8 Å². The molecule has 1 fully saturated rings. The third kappa shape index (κ3) is 6.50. The quantitative estimate of drug-likeness (QED) is 0.203. The molecule has 0 spiro atoms. The van der Waals surface area contributed by atoms with Crippen molar-refractivity contribution in [3.63, 3.8) is 0 Å². The van der Waals surface area contributed by atoms with Crippen LogP contribution in [-0.4, -0.2) is 64.4 Å². The number of pyridine rings is 1. The number of hydrogen-bond donors (Lipinski definition) is 3. The number of fused-ring (bicyclic) bond motifs is 1. The Balaban J connectivity index is 1.47. The average Bonchev–Trinajstić information content (AvgIpc) is 2.96. The molecule has 0 saturated carbocycles. The minimum atomic E-state index is -3.59. The first-order valence-electron chi connectivity index (χ1n) is 13.6. The predicted molar refractivity (Wildman–Crippen MR) is 163 cm³/mol. The fraction of sp³-hybridized carbons (Fsp3) is 0.310. The predicted octanol–water partition coefficient (Wildman–Crippen LogP) is 6.15. The van der Waals surface area contributed by atoms with E-state index in [0.717, 1.165) is 18.4 Å². The second-order valence-corrected chi connectivity index (χ2v) is 12.3. The number of nitrogens with zero attached hydrogens (tertiary/aromatic N) is 4. The van der Waals surface area contributed by atoms with Gasteiger partial charge in [-0.25, -0.2) is 28.2 Å². The van der Waals surface area contributed by atoms with Crippen LogP contribution in [0.15, 0.2) is 54.9 Å². The molecule has 1 saturated heterocycles. The topological polar surface area (TPSA) is 147 Å². The van der Waals surface area contributed by atoms with Gasteiger partial charge in [0.2, 0.25) is 21.9 Å². The number of aryl methyl sites for hydroxylation is 1. The molecule has 1 unspecified atom stereocenters. The number of piperidine rings is 1. The fourth-order valence-corrected chi connectivity index (χ4v) is 6.41. The van der Waals surface area contributed by atoms with Gasteiger partial charge < -0.3 is 20.1 Å². The van der Waals surface area contributed by atoms with E-state index in [-0.39, 0.29) is 16.8 Å². The molecule has 0 radical (unpaired) electrons. The highest BCUT2D eigenvalue weighted by Crippen LogP contribution is 2.41. The summed E-state index contributed by atoms with van der Waals surface area (Å²) in [5, 5.41) is 14.2. The van der Waals surface area contributed by atoms with E-state index in [2.05, 4.69) is 25.0 Å². The number of amides is 1. The first-order chi connectivity index (χ1) is 20.1. The van der Waals surface area contributed by atoms with Gasteiger partial charge in [-0.3, -0.25) is 4.72 Å². The Morgan fingerprint density at radius 3 is 2.74 bits per heavy atom. The van der Waals surface area contributed by atoms with Crippen molar-refractivity contribution in [3.8, 4) is 22.9 Å². The van der Waals surface area contributed by atoms with Gasteiger partial charge in [-0.15, -0.1) is 0 Å². The van der Waals surface area contributed by atoms with E-state index in [4.69, 9.17) is 16.3 Å². The van der Waals surface area contributed by atoms with Crippen LogP contribution in [0.4, 0.5) is 16.4 Å². The van der Waals surface area contributed by atoms with Crippen LogP contribution in [0.1, 0.15) is 31.7 Å². The first-order valence-corrected chi connectivity index (χ1v) is 15.6. The highest BCUT2D eigenvalue weighted by molar-refractivity contribution is 7.92. The smallest absolute Gasteiger partial charge is 0.407 e. The van der Waals surface area contributed by atoms with Gasteiger partial charge in [-0.05, 0) is 62.1 Å². The molecule has 2 aromatic heterocycles. The number of aromatic nitrogens is 3. The van der Waals surface area contributed by atoms with Gasteiger partial charge >= 0.3 is 6.09 Å². The van der Waals surface area contributed by atoms with Crippen molar-refractivity contribution in [2.24, 2.45) is 0 Å². The standard InChI is InChI=1S/C29H31ClN6O5S/c1-3-16-42(39,40)35-25-20-9-8-18(2)26(21(20)10-11-23(25)30)41-27-22(7-4-13-31-27)24-12-14-32-28(34-24)33-19-6-5-15-36(17-19)29(37)38/h4,7-14,19,35H,3,5-6,15-17H2,1-2H3,(H,37,38)(H,32,33,34). The van der Waals surface area contributed by atoms with Crippen molar-refractivity contribution in [2.75, 3.05) is 28.9 Å². The number of halogens is 1. The lowest BCUT2D eigenvalue weighted by molar-refractivity contribution is 0.132. The fourth-order valence-electron chi connectivity index (χ4n) is 4.97. The number of nitrogens with one attached hydrogen (secondary N) is 2. The second kappa shape index (κ2) is 12.4. The van der Waals surface area contributed by atoms with Crippen molar-refractivity contribution in [3.05, 3.63) is 65.4 Å². The molecule has 5 rings (SSSR count). The Bertz CT molecular complexity index is 1740. The van der Waals surface area contributed by atoms with Gasteiger partial charge in [0, 0.05) is 42.3 Å². The number of carboxylic acid groups (broad SMARTS) is 1. The largest absolute Gasteiger partial charge is 0.465 e. The summed E-state index contributed by atoms with van der Waals surface area (Å²) in [4.78, 5) is 26.3. The van der Waals surface area contributed by atoms with Crippen LogP contribution >= 0.6 is 11.6 Å². The molecular weight excluding hydrogens is 580 g/mol. The zero-order valence-corrected chi connectivity index (χ0v) is 24.7. The highest BCUT2D eigenvalue weighted by atomic mass is 35.5. The lowest BCUT2D eigenvalue weighted by Crippen LogP contribution is -2.44. The van der Waals surface area contributed by atoms with Crippen molar-refractivity contribution in [1.29, 1.82) is 0 Å². The van der Waals surface area contributed by atoms with Crippen LogP contribution in [0.3, 0.4) is 0 Å². The maximum atomic E-state index is 12.6. The molecule has 3 N–H and O–H groups in total. The van der Waals surface area contributed by atoms with Gasteiger partial charge in [-0.1, -0.05) is 30.7 Å². The lowest BCUT2D eigenvalue weighted by atomic mass is 10.0. The van der Waals surface area contributed by atoms with Gasteiger partial charge in [0.25, 0.3) is 0 Å². The Morgan fingerprint density at radius 2 is 1.95 bits per heavy atom. The van der Waals surface area contributed by atoms with E-state index in [1.807, 2.05) is 25.1 Å². The summed E-state index contributed by atoms with van der Waals surface area (Å²) in [6.45, 7) is 4.55. The Hall–Kier alpha value is -4.16. The first kappa shape index (κ1) is 29.3. The maximum absolute atomic E-state index is 12.6. The van der Waals surface area contributed by atoms with Crippen LogP contribution in [-0.2, 0) is 10.0 Å². The number of sulfonamides is 1. The van der Waals surface area contributed by atoms with E-state index in [1.165, 1.54) is 4.90 Å². The average molecular weight is 611 g/mol. The third-order valence-corrected chi connectivity index (χ3v) is 8.73. The number of benzene rings is 2. The SMILES string of the molecule is CCCS(=O)(=O)Nc1c(Cl)ccc2c(Oc3ncccc3-c3ccnc(NC4CCCN(C(=O)O)C4)n3)c(C)ccc12. The van der Waals surface area contributed by atoms with Gasteiger partial charge in [0.15, 0.2) is 0 Å². The monoisotopic (exact) mass is 610 g/mol. The molecule has 1 aliphatic heterocycles. The number of ether oxygens (including phenoxy) is 1. The molecule has 0 bridgehead atoms. The summed E-state index contributed by atoms with van der Waals surface area (Å²) in [5.74, 6) is 1.15. The highest BCUT2D eigenvalue weighted by Gasteiger charge is 2.24. The number of carbonyl (C=O) groups is 1. The van der Waals surface area contributed by atoms with Crippen molar-refractivity contribution < 1.29 is 23.1 Å². The van der Waals surface area contributed by atoms with Crippen LogP contribution in [0.2, 0.25) is 5.02 Å². The van der Waals surface area contributed by atoms with Crippen LogP contribution in [0.25, 0.3) is 22.0 Å². The number of likely N-dealkylation sites (tertiary alicyclic amines) is 1. The molecule has 1 aliphatic rings. The number of rotatable bonds is 9. The van der Waals surface area contributed by atoms with E-state index in [1.54, 1.807) is 43.6 Å². The minimum absolute atomic E-state index is 0.0272. The second-order valence-electron chi connectivity index (χ2n) is 10.1. The molecule has 42 heavy (non-hydrogen) atoms. The summed E-state index contributed by atoms with van der Waals surface area (Å²) in [7, 11) is -3.59.